The molecule has 1 aliphatic heterocycles. The van der Waals surface area contributed by atoms with Crippen LogP contribution in [-0.4, -0.2) is 35.3 Å². The number of pyridine rings is 1. The van der Waals surface area contributed by atoms with Crippen LogP contribution in [0.1, 0.15) is 35.5 Å². The lowest BCUT2D eigenvalue weighted by Crippen LogP contribution is -2.31. The average molecular weight is 442 g/mol. The first kappa shape index (κ1) is 20.8. The highest BCUT2D eigenvalue weighted by Gasteiger charge is 2.41. The molecule has 1 aromatic carbocycles. The molecule has 2 atom stereocenters. The first-order chi connectivity index (χ1) is 14.6. The summed E-state index contributed by atoms with van der Waals surface area (Å²) in [6.45, 7) is 3.42. The molecule has 1 aliphatic rings. The van der Waals surface area contributed by atoms with Crippen LogP contribution in [0.3, 0.4) is 0 Å². The minimum Gasteiger partial charge on any atom is -0.459 e. The van der Waals surface area contributed by atoms with Gasteiger partial charge >= 0.3 is 0 Å². The summed E-state index contributed by atoms with van der Waals surface area (Å²) in [5.74, 6) is 1.61. The molecule has 5 nitrogen and oxygen atoms in total. The lowest BCUT2D eigenvalue weighted by molar-refractivity contribution is 0.177. The summed E-state index contributed by atoms with van der Waals surface area (Å²) in [4.78, 5) is 6.72. The van der Waals surface area contributed by atoms with Gasteiger partial charge in [-0.1, -0.05) is 29.8 Å². The summed E-state index contributed by atoms with van der Waals surface area (Å²) in [6.07, 6.45) is 2.66. The van der Waals surface area contributed by atoms with Gasteiger partial charge in [0.15, 0.2) is 5.11 Å². The van der Waals surface area contributed by atoms with Gasteiger partial charge in [-0.2, -0.15) is 0 Å². The van der Waals surface area contributed by atoms with Crippen molar-refractivity contribution < 1.29 is 9.15 Å². The van der Waals surface area contributed by atoms with Crippen LogP contribution in [-0.2, 0) is 4.74 Å². The molecule has 1 N–H and O–H groups in total. The number of halogens is 1. The van der Waals surface area contributed by atoms with E-state index in [0.29, 0.717) is 11.7 Å². The Bertz CT molecular complexity index is 1020. The minimum absolute atomic E-state index is 0.0955. The number of hydrogen-bond acceptors (Lipinski definition) is 4. The van der Waals surface area contributed by atoms with Crippen LogP contribution in [0.5, 0.6) is 0 Å². The summed E-state index contributed by atoms with van der Waals surface area (Å²) in [5.41, 5.74) is 2.91. The predicted octanol–water partition coefficient (Wildman–Crippen LogP) is 5.31. The molecule has 2 aromatic heterocycles. The highest BCUT2D eigenvalue weighted by Crippen LogP contribution is 2.40. The number of ether oxygens (including phenoxy) is 1. The largest absolute Gasteiger partial charge is 0.459 e. The number of aryl methyl sites for hydroxylation is 1. The van der Waals surface area contributed by atoms with E-state index in [1.54, 1.807) is 13.3 Å². The van der Waals surface area contributed by atoms with Gasteiger partial charge in [0.05, 0.1) is 11.7 Å². The Balaban J connectivity index is 1.68. The highest BCUT2D eigenvalue weighted by molar-refractivity contribution is 7.80. The summed E-state index contributed by atoms with van der Waals surface area (Å²) in [7, 11) is 1.71. The first-order valence-corrected chi connectivity index (χ1v) is 10.7. The zero-order valence-corrected chi connectivity index (χ0v) is 18.5. The van der Waals surface area contributed by atoms with Crippen LogP contribution in [0.15, 0.2) is 59.1 Å². The second kappa shape index (κ2) is 9.16. The molecule has 0 spiro atoms. The Labute approximate surface area is 187 Å². The average Bonchev–Trinajstić information content (AvgIpc) is 3.36. The van der Waals surface area contributed by atoms with Crippen molar-refractivity contribution in [3.05, 3.63) is 76.8 Å². The number of methoxy groups -OCH3 is 1. The van der Waals surface area contributed by atoms with E-state index in [-0.39, 0.29) is 12.1 Å². The number of benzene rings is 1. The molecule has 1 fully saturated rings. The van der Waals surface area contributed by atoms with Gasteiger partial charge in [0.1, 0.15) is 17.6 Å². The van der Waals surface area contributed by atoms with Crippen molar-refractivity contribution in [3.63, 3.8) is 0 Å². The first-order valence-electron chi connectivity index (χ1n) is 9.91. The number of aromatic nitrogens is 1. The standard InChI is InChI=1S/C23H24ClN3O2S/c1-15-7-8-16(14-17(15)24)19-9-10-20(29-19)22-21(18-6-3-4-11-25-18)26-23(30)27(22)12-5-13-28-2/h3-4,6-11,14,21-22H,5,12-13H2,1-2H3,(H,26,30)/t21-,22+/m1/s1. The Morgan fingerprint density at radius 1 is 1.23 bits per heavy atom. The van der Waals surface area contributed by atoms with Crippen molar-refractivity contribution in [1.29, 1.82) is 0 Å². The Kier molecular flexibility index (Phi) is 6.37. The Morgan fingerprint density at radius 2 is 2.10 bits per heavy atom. The van der Waals surface area contributed by atoms with Gasteiger partial charge in [0.25, 0.3) is 0 Å². The number of nitrogens with zero attached hydrogens (tertiary/aromatic N) is 2. The van der Waals surface area contributed by atoms with E-state index in [9.17, 15) is 0 Å². The maximum Gasteiger partial charge on any atom is 0.170 e. The van der Waals surface area contributed by atoms with E-state index < -0.39 is 0 Å². The molecule has 3 aromatic rings. The van der Waals surface area contributed by atoms with Crippen LogP contribution in [0.2, 0.25) is 5.02 Å². The van der Waals surface area contributed by atoms with Gasteiger partial charge in [-0.15, -0.1) is 0 Å². The van der Waals surface area contributed by atoms with E-state index in [4.69, 9.17) is 33.0 Å². The quantitative estimate of drug-likeness (QED) is 0.396. The zero-order valence-electron chi connectivity index (χ0n) is 17.0. The summed E-state index contributed by atoms with van der Waals surface area (Å²) in [5, 5.41) is 4.86. The second-order valence-corrected chi connectivity index (χ2v) is 8.13. The fraction of sp³-hybridized carbons (Fsp3) is 0.304. The summed E-state index contributed by atoms with van der Waals surface area (Å²) >= 11 is 12.0. The van der Waals surface area contributed by atoms with Gasteiger partial charge in [-0.25, -0.2) is 0 Å². The second-order valence-electron chi connectivity index (χ2n) is 7.33. The number of thiocarbonyl (C=S) groups is 1. The molecular weight excluding hydrogens is 418 g/mol. The maximum absolute atomic E-state index is 6.33. The molecule has 0 unspecified atom stereocenters. The van der Waals surface area contributed by atoms with E-state index in [1.165, 1.54) is 0 Å². The molecule has 3 heterocycles. The maximum atomic E-state index is 6.33. The molecular formula is C23H24ClN3O2S. The fourth-order valence-corrected chi connectivity index (χ4v) is 4.26. The van der Waals surface area contributed by atoms with Crippen LogP contribution in [0.25, 0.3) is 11.3 Å². The lowest BCUT2D eigenvalue weighted by Gasteiger charge is -2.26. The van der Waals surface area contributed by atoms with Crippen molar-refractivity contribution in [2.75, 3.05) is 20.3 Å². The van der Waals surface area contributed by atoms with Crippen LogP contribution in [0, 0.1) is 6.92 Å². The van der Waals surface area contributed by atoms with Crippen molar-refractivity contribution in [1.82, 2.24) is 15.2 Å². The van der Waals surface area contributed by atoms with Gasteiger partial charge < -0.3 is 19.4 Å². The molecule has 0 amide bonds. The van der Waals surface area contributed by atoms with Gasteiger partial charge in [0.2, 0.25) is 0 Å². The van der Waals surface area contributed by atoms with E-state index in [1.807, 2.05) is 55.5 Å². The van der Waals surface area contributed by atoms with Crippen molar-refractivity contribution in [3.8, 4) is 11.3 Å². The van der Waals surface area contributed by atoms with Gasteiger partial charge in [0, 0.05) is 37.0 Å². The third-order valence-electron chi connectivity index (χ3n) is 5.32. The van der Waals surface area contributed by atoms with Crippen LogP contribution >= 0.6 is 23.8 Å². The molecule has 1 saturated heterocycles. The molecule has 156 valence electrons. The predicted molar refractivity (Wildman–Crippen MR) is 123 cm³/mol. The summed E-state index contributed by atoms with van der Waals surface area (Å²) in [6, 6.07) is 15.7. The normalized spacial score (nSPS) is 18.6. The van der Waals surface area contributed by atoms with Crippen molar-refractivity contribution >= 4 is 28.9 Å². The van der Waals surface area contributed by atoms with E-state index in [2.05, 4.69) is 15.2 Å². The number of furan rings is 1. The lowest BCUT2D eigenvalue weighted by atomic mass is 10.0. The molecule has 0 aliphatic carbocycles. The van der Waals surface area contributed by atoms with E-state index in [0.717, 1.165) is 46.3 Å². The topological polar surface area (TPSA) is 50.5 Å². The number of nitrogens with one attached hydrogen (secondary N) is 1. The monoisotopic (exact) mass is 441 g/mol. The molecule has 0 saturated carbocycles. The molecule has 7 heteroatoms. The van der Waals surface area contributed by atoms with Gasteiger partial charge in [-0.05, 0) is 61.5 Å². The highest BCUT2D eigenvalue weighted by atomic mass is 35.5. The zero-order chi connectivity index (χ0) is 21.1. The Morgan fingerprint density at radius 3 is 2.83 bits per heavy atom. The molecule has 0 radical (unpaired) electrons. The van der Waals surface area contributed by atoms with Crippen LogP contribution < -0.4 is 5.32 Å². The molecule has 0 bridgehead atoms. The third-order valence-corrected chi connectivity index (χ3v) is 6.08. The SMILES string of the molecule is COCCCN1C(=S)N[C@H](c2ccccn2)[C@@H]1c1ccc(-c2ccc(C)c(Cl)c2)o1. The van der Waals surface area contributed by atoms with Crippen LogP contribution in [0.4, 0.5) is 0 Å². The van der Waals surface area contributed by atoms with E-state index >= 15 is 0 Å². The molecule has 4 rings (SSSR count). The Hall–Kier alpha value is -2.41. The summed E-state index contributed by atoms with van der Waals surface area (Å²) < 4.78 is 11.6. The van der Waals surface area contributed by atoms with Crippen molar-refractivity contribution in [2.24, 2.45) is 0 Å². The fourth-order valence-electron chi connectivity index (χ4n) is 3.75. The van der Waals surface area contributed by atoms with Gasteiger partial charge in [-0.3, -0.25) is 4.98 Å². The minimum atomic E-state index is -0.0982. The number of rotatable bonds is 7. The number of hydrogen-bond donors (Lipinski definition) is 1. The molecule has 30 heavy (non-hydrogen) atoms. The smallest absolute Gasteiger partial charge is 0.170 e. The third kappa shape index (κ3) is 4.21. The van der Waals surface area contributed by atoms with Crippen molar-refractivity contribution in [2.45, 2.75) is 25.4 Å².